The van der Waals surface area contributed by atoms with Crippen molar-refractivity contribution < 1.29 is 9.13 Å². The molecule has 0 amide bonds. The van der Waals surface area contributed by atoms with Gasteiger partial charge in [-0.2, -0.15) is 0 Å². The fourth-order valence-corrected chi connectivity index (χ4v) is 1.24. The van der Waals surface area contributed by atoms with Crippen LogP contribution in [0.25, 0.3) is 0 Å². The SMILES string of the molecule is Cc1cccc(OC2CNC2)c1F. The normalized spacial score (nSPS) is 16.8. The van der Waals surface area contributed by atoms with E-state index < -0.39 is 0 Å². The second kappa shape index (κ2) is 3.34. The molecular weight excluding hydrogens is 169 g/mol. The van der Waals surface area contributed by atoms with Gasteiger partial charge in [-0.3, -0.25) is 0 Å². The zero-order valence-electron chi connectivity index (χ0n) is 7.51. The minimum atomic E-state index is -0.241. The molecule has 0 radical (unpaired) electrons. The first-order chi connectivity index (χ1) is 6.27. The van der Waals surface area contributed by atoms with Gasteiger partial charge in [0.05, 0.1) is 0 Å². The molecule has 1 aliphatic rings. The van der Waals surface area contributed by atoms with Crippen LogP contribution in [0.1, 0.15) is 5.56 Å². The Morgan fingerprint density at radius 1 is 1.46 bits per heavy atom. The Bertz CT molecular complexity index is 310. The molecule has 0 atom stereocenters. The Kier molecular flexibility index (Phi) is 2.19. The lowest BCUT2D eigenvalue weighted by Gasteiger charge is -2.28. The summed E-state index contributed by atoms with van der Waals surface area (Å²) < 4.78 is 18.8. The van der Waals surface area contributed by atoms with Crippen molar-refractivity contribution in [1.82, 2.24) is 5.32 Å². The van der Waals surface area contributed by atoms with Gasteiger partial charge in [0.1, 0.15) is 6.10 Å². The van der Waals surface area contributed by atoms with Crippen LogP contribution in [0.2, 0.25) is 0 Å². The van der Waals surface area contributed by atoms with Gasteiger partial charge >= 0.3 is 0 Å². The zero-order chi connectivity index (χ0) is 9.26. The van der Waals surface area contributed by atoms with Crippen LogP contribution in [-0.4, -0.2) is 19.2 Å². The molecule has 70 valence electrons. The minimum absolute atomic E-state index is 0.135. The smallest absolute Gasteiger partial charge is 0.167 e. The molecule has 0 spiro atoms. The highest BCUT2D eigenvalue weighted by Gasteiger charge is 2.19. The summed E-state index contributed by atoms with van der Waals surface area (Å²) in [5.41, 5.74) is 0.629. The zero-order valence-corrected chi connectivity index (χ0v) is 7.51. The van der Waals surface area contributed by atoms with Crippen molar-refractivity contribution in [2.24, 2.45) is 0 Å². The monoisotopic (exact) mass is 181 g/mol. The number of rotatable bonds is 2. The third-order valence-corrected chi connectivity index (χ3v) is 2.19. The average molecular weight is 181 g/mol. The van der Waals surface area contributed by atoms with Crippen LogP contribution in [0.3, 0.4) is 0 Å². The number of hydrogen-bond acceptors (Lipinski definition) is 2. The molecule has 1 aromatic rings. The first kappa shape index (κ1) is 8.51. The van der Waals surface area contributed by atoms with E-state index in [0.717, 1.165) is 13.1 Å². The van der Waals surface area contributed by atoms with Gasteiger partial charge in [-0.1, -0.05) is 12.1 Å². The van der Waals surface area contributed by atoms with Crippen LogP contribution in [0.5, 0.6) is 5.75 Å². The van der Waals surface area contributed by atoms with Crippen LogP contribution < -0.4 is 10.1 Å². The Hall–Kier alpha value is -1.09. The fourth-order valence-electron chi connectivity index (χ4n) is 1.24. The van der Waals surface area contributed by atoms with Crippen molar-refractivity contribution >= 4 is 0 Å². The topological polar surface area (TPSA) is 21.3 Å². The summed E-state index contributed by atoms with van der Waals surface area (Å²) in [7, 11) is 0. The number of ether oxygens (including phenoxy) is 1. The van der Waals surface area contributed by atoms with Gasteiger partial charge in [0, 0.05) is 13.1 Å². The van der Waals surface area contributed by atoms with Crippen molar-refractivity contribution in [2.45, 2.75) is 13.0 Å². The van der Waals surface area contributed by atoms with E-state index in [0.29, 0.717) is 11.3 Å². The molecule has 2 nitrogen and oxygen atoms in total. The van der Waals surface area contributed by atoms with Gasteiger partial charge in [0.25, 0.3) is 0 Å². The maximum atomic E-state index is 13.4. The van der Waals surface area contributed by atoms with Gasteiger partial charge in [-0.25, -0.2) is 4.39 Å². The van der Waals surface area contributed by atoms with Crippen LogP contribution in [0.4, 0.5) is 4.39 Å². The highest BCUT2D eigenvalue weighted by Crippen LogP contribution is 2.21. The second-order valence-electron chi connectivity index (χ2n) is 3.29. The standard InChI is InChI=1S/C10H12FNO/c1-7-3-2-4-9(10(7)11)13-8-5-12-6-8/h2-4,8,12H,5-6H2,1H3. The highest BCUT2D eigenvalue weighted by molar-refractivity contribution is 5.30. The van der Waals surface area contributed by atoms with E-state index in [-0.39, 0.29) is 11.9 Å². The van der Waals surface area contributed by atoms with Crippen LogP contribution >= 0.6 is 0 Å². The summed E-state index contributed by atoms with van der Waals surface area (Å²) in [6.07, 6.45) is 0.135. The summed E-state index contributed by atoms with van der Waals surface area (Å²) in [4.78, 5) is 0. The van der Waals surface area contributed by atoms with Gasteiger partial charge in [-0.15, -0.1) is 0 Å². The highest BCUT2D eigenvalue weighted by atomic mass is 19.1. The molecule has 1 aliphatic heterocycles. The van der Waals surface area contributed by atoms with Gasteiger partial charge < -0.3 is 10.1 Å². The summed E-state index contributed by atoms with van der Waals surface area (Å²) in [5, 5.41) is 3.07. The van der Waals surface area contributed by atoms with E-state index in [1.807, 2.05) is 0 Å². The third-order valence-electron chi connectivity index (χ3n) is 2.19. The van der Waals surface area contributed by atoms with E-state index in [1.54, 1.807) is 25.1 Å². The molecule has 0 bridgehead atoms. The molecule has 1 fully saturated rings. The molecule has 1 heterocycles. The number of nitrogens with one attached hydrogen (secondary N) is 1. The number of halogens is 1. The number of aryl methyl sites for hydroxylation is 1. The van der Waals surface area contributed by atoms with Crippen molar-refractivity contribution in [2.75, 3.05) is 13.1 Å². The Labute approximate surface area is 76.7 Å². The predicted octanol–water partition coefficient (Wildman–Crippen LogP) is 1.48. The number of hydrogen-bond donors (Lipinski definition) is 1. The maximum absolute atomic E-state index is 13.4. The quantitative estimate of drug-likeness (QED) is 0.746. The van der Waals surface area contributed by atoms with Crippen molar-refractivity contribution in [3.63, 3.8) is 0 Å². The van der Waals surface area contributed by atoms with E-state index in [9.17, 15) is 4.39 Å². The molecule has 0 aromatic heterocycles. The summed E-state index contributed by atoms with van der Waals surface area (Å²) >= 11 is 0. The number of benzene rings is 1. The average Bonchev–Trinajstić information content (AvgIpc) is 2.04. The van der Waals surface area contributed by atoms with E-state index >= 15 is 0 Å². The van der Waals surface area contributed by atoms with Crippen molar-refractivity contribution in [3.8, 4) is 5.75 Å². The minimum Gasteiger partial charge on any atom is -0.485 e. The predicted molar refractivity (Wildman–Crippen MR) is 48.4 cm³/mol. The second-order valence-corrected chi connectivity index (χ2v) is 3.29. The lowest BCUT2D eigenvalue weighted by Crippen LogP contribution is -2.50. The molecule has 0 saturated carbocycles. The van der Waals surface area contributed by atoms with E-state index in [4.69, 9.17) is 4.74 Å². The largest absolute Gasteiger partial charge is 0.485 e. The molecule has 0 unspecified atom stereocenters. The lowest BCUT2D eigenvalue weighted by molar-refractivity contribution is 0.136. The molecule has 13 heavy (non-hydrogen) atoms. The Morgan fingerprint density at radius 3 is 2.85 bits per heavy atom. The van der Waals surface area contributed by atoms with Crippen molar-refractivity contribution in [1.29, 1.82) is 0 Å². The van der Waals surface area contributed by atoms with Gasteiger partial charge in [-0.05, 0) is 18.6 Å². The van der Waals surface area contributed by atoms with Gasteiger partial charge in [0.2, 0.25) is 0 Å². The van der Waals surface area contributed by atoms with E-state index in [2.05, 4.69) is 5.32 Å². The maximum Gasteiger partial charge on any atom is 0.167 e. The molecular formula is C10H12FNO. The van der Waals surface area contributed by atoms with E-state index in [1.165, 1.54) is 0 Å². The molecule has 2 rings (SSSR count). The van der Waals surface area contributed by atoms with Crippen LogP contribution in [-0.2, 0) is 0 Å². The first-order valence-corrected chi connectivity index (χ1v) is 4.40. The van der Waals surface area contributed by atoms with Crippen LogP contribution in [0.15, 0.2) is 18.2 Å². The molecule has 1 aromatic carbocycles. The summed E-state index contributed by atoms with van der Waals surface area (Å²) in [5.74, 6) is 0.126. The Morgan fingerprint density at radius 2 is 2.23 bits per heavy atom. The Balaban J connectivity index is 2.14. The molecule has 1 N–H and O–H groups in total. The third kappa shape index (κ3) is 1.65. The fraction of sp³-hybridized carbons (Fsp3) is 0.400. The first-order valence-electron chi connectivity index (χ1n) is 4.40. The molecule has 3 heteroatoms. The van der Waals surface area contributed by atoms with Crippen LogP contribution in [0, 0.1) is 12.7 Å². The summed E-state index contributed by atoms with van der Waals surface area (Å²) in [6, 6.07) is 5.21. The van der Waals surface area contributed by atoms with Crippen molar-refractivity contribution in [3.05, 3.63) is 29.6 Å². The summed E-state index contributed by atoms with van der Waals surface area (Å²) in [6.45, 7) is 3.36. The molecule has 0 aliphatic carbocycles. The van der Waals surface area contributed by atoms with Gasteiger partial charge in [0.15, 0.2) is 11.6 Å². The lowest BCUT2D eigenvalue weighted by atomic mass is 10.2. The molecule has 1 saturated heterocycles.